The first-order valence-corrected chi connectivity index (χ1v) is 7.65. The van der Waals surface area contributed by atoms with E-state index in [9.17, 15) is 4.79 Å². The molecule has 4 nitrogen and oxygen atoms in total. The van der Waals surface area contributed by atoms with Crippen molar-refractivity contribution in [2.75, 3.05) is 14.2 Å². The highest BCUT2D eigenvalue weighted by atomic mass is 35.5. The smallest absolute Gasteiger partial charge is 0.311 e. The third kappa shape index (κ3) is 5.05. The summed E-state index contributed by atoms with van der Waals surface area (Å²) in [6.07, 6.45) is 0.701. The lowest BCUT2D eigenvalue weighted by Gasteiger charge is -2.09. The van der Waals surface area contributed by atoms with E-state index >= 15 is 0 Å². The highest BCUT2D eigenvalue weighted by Crippen LogP contribution is 2.28. The molecule has 0 unspecified atom stereocenters. The molecule has 2 rings (SSSR count). The second kappa shape index (κ2) is 8.09. The van der Waals surface area contributed by atoms with Gasteiger partial charge in [-0.2, -0.15) is 0 Å². The van der Waals surface area contributed by atoms with Crippen LogP contribution in [0.4, 0.5) is 0 Å². The summed E-state index contributed by atoms with van der Waals surface area (Å²) in [7, 11) is 3.16. The van der Waals surface area contributed by atoms with Crippen molar-refractivity contribution in [1.82, 2.24) is 0 Å². The minimum absolute atomic E-state index is 0.204. The Morgan fingerprint density at radius 3 is 2.22 bits per heavy atom. The summed E-state index contributed by atoms with van der Waals surface area (Å²) >= 11 is 11.8. The van der Waals surface area contributed by atoms with Crippen LogP contribution in [0.1, 0.15) is 12.0 Å². The predicted molar refractivity (Wildman–Crippen MR) is 90.0 cm³/mol. The molecule has 0 spiro atoms. The first kappa shape index (κ1) is 17.4. The Morgan fingerprint density at radius 2 is 1.65 bits per heavy atom. The minimum atomic E-state index is -0.379. The number of ether oxygens (including phenoxy) is 3. The molecule has 0 aromatic heterocycles. The van der Waals surface area contributed by atoms with Crippen molar-refractivity contribution in [3.63, 3.8) is 0 Å². The predicted octanol–water partition coefficient (Wildman–Crippen LogP) is 4.55. The van der Waals surface area contributed by atoms with Gasteiger partial charge >= 0.3 is 5.97 Å². The van der Waals surface area contributed by atoms with Crippen molar-refractivity contribution < 1.29 is 19.0 Å². The van der Waals surface area contributed by atoms with Crippen LogP contribution in [0.2, 0.25) is 10.0 Å². The zero-order valence-electron chi connectivity index (χ0n) is 12.8. The maximum absolute atomic E-state index is 12.0. The van der Waals surface area contributed by atoms with Gasteiger partial charge in [0.15, 0.2) is 0 Å². The molecule has 23 heavy (non-hydrogen) atoms. The van der Waals surface area contributed by atoms with E-state index in [4.69, 9.17) is 37.4 Å². The van der Waals surface area contributed by atoms with Crippen LogP contribution < -0.4 is 14.2 Å². The van der Waals surface area contributed by atoms with Crippen LogP contribution in [-0.4, -0.2) is 20.2 Å². The maximum atomic E-state index is 12.0. The van der Waals surface area contributed by atoms with Gasteiger partial charge in [-0.3, -0.25) is 4.79 Å². The van der Waals surface area contributed by atoms with Crippen molar-refractivity contribution >= 4 is 29.2 Å². The lowest BCUT2D eigenvalue weighted by atomic mass is 10.1. The number of aryl methyl sites for hydroxylation is 1. The Hall–Kier alpha value is -1.91. The van der Waals surface area contributed by atoms with Crippen molar-refractivity contribution in [1.29, 1.82) is 0 Å². The Labute approximate surface area is 144 Å². The molecule has 0 radical (unpaired) electrons. The van der Waals surface area contributed by atoms with E-state index in [1.54, 1.807) is 32.4 Å². The Morgan fingerprint density at radius 1 is 1.00 bits per heavy atom. The molecule has 0 aliphatic carbocycles. The zero-order chi connectivity index (χ0) is 16.8. The first-order valence-electron chi connectivity index (χ1n) is 6.89. The fourth-order valence-corrected chi connectivity index (χ4v) is 2.44. The molecule has 0 saturated carbocycles. The van der Waals surface area contributed by atoms with Crippen LogP contribution >= 0.6 is 23.2 Å². The second-order valence-electron chi connectivity index (χ2n) is 4.77. The van der Waals surface area contributed by atoms with Gasteiger partial charge in [-0.05, 0) is 42.3 Å². The molecule has 2 aromatic rings. The molecule has 0 N–H and O–H groups in total. The number of carbonyl (C=O) groups is 1. The fourth-order valence-electron chi connectivity index (χ4n) is 1.99. The molecule has 0 saturated heterocycles. The molecular formula is C17H16Cl2O4. The summed E-state index contributed by atoms with van der Waals surface area (Å²) in [6, 6.07) is 10.2. The van der Waals surface area contributed by atoms with Crippen molar-refractivity contribution in [2.45, 2.75) is 12.8 Å². The van der Waals surface area contributed by atoms with Crippen LogP contribution in [-0.2, 0) is 11.2 Å². The number of hydrogen-bond donors (Lipinski definition) is 0. The number of halogens is 2. The topological polar surface area (TPSA) is 44.8 Å². The standard InChI is InChI=1S/C17H16Cl2O4/c1-21-13-7-11(8-14(10-13)22-2)3-6-17(20)23-16-5-4-12(18)9-15(16)19/h4-5,7-10H,3,6H2,1-2H3. The van der Waals surface area contributed by atoms with Gasteiger partial charge in [0.2, 0.25) is 0 Å². The molecule has 0 atom stereocenters. The third-order valence-corrected chi connectivity index (χ3v) is 3.68. The van der Waals surface area contributed by atoms with E-state index in [1.165, 1.54) is 6.07 Å². The average molecular weight is 355 g/mol. The SMILES string of the molecule is COc1cc(CCC(=O)Oc2ccc(Cl)cc2Cl)cc(OC)c1. The number of esters is 1. The molecule has 2 aromatic carbocycles. The van der Waals surface area contributed by atoms with E-state index in [1.807, 2.05) is 12.1 Å². The molecule has 0 bridgehead atoms. The molecule has 0 heterocycles. The van der Waals surface area contributed by atoms with Crippen molar-refractivity contribution in [2.24, 2.45) is 0 Å². The quantitative estimate of drug-likeness (QED) is 0.563. The summed E-state index contributed by atoms with van der Waals surface area (Å²) in [6.45, 7) is 0. The monoisotopic (exact) mass is 354 g/mol. The van der Waals surface area contributed by atoms with Crippen LogP contribution in [0.15, 0.2) is 36.4 Å². The fraction of sp³-hybridized carbons (Fsp3) is 0.235. The summed E-state index contributed by atoms with van der Waals surface area (Å²) < 4.78 is 15.6. The lowest BCUT2D eigenvalue weighted by molar-refractivity contribution is -0.134. The van der Waals surface area contributed by atoms with E-state index in [0.717, 1.165) is 5.56 Å². The minimum Gasteiger partial charge on any atom is -0.497 e. The average Bonchev–Trinajstić information content (AvgIpc) is 2.55. The Balaban J connectivity index is 1.99. The molecule has 0 aliphatic rings. The van der Waals surface area contributed by atoms with Crippen molar-refractivity contribution in [3.05, 3.63) is 52.0 Å². The number of carbonyl (C=O) groups excluding carboxylic acids is 1. The van der Waals surface area contributed by atoms with Gasteiger partial charge in [0.1, 0.15) is 17.2 Å². The van der Waals surface area contributed by atoms with Crippen LogP contribution in [0, 0.1) is 0 Å². The molecule has 0 amide bonds. The van der Waals surface area contributed by atoms with Gasteiger partial charge in [-0.15, -0.1) is 0 Å². The molecular weight excluding hydrogens is 339 g/mol. The van der Waals surface area contributed by atoms with E-state index in [0.29, 0.717) is 33.7 Å². The Bertz CT molecular complexity index is 679. The second-order valence-corrected chi connectivity index (χ2v) is 5.61. The Kier molecular flexibility index (Phi) is 6.13. The zero-order valence-corrected chi connectivity index (χ0v) is 14.3. The lowest BCUT2D eigenvalue weighted by Crippen LogP contribution is -2.09. The van der Waals surface area contributed by atoms with Gasteiger partial charge in [-0.1, -0.05) is 23.2 Å². The number of rotatable bonds is 6. The summed E-state index contributed by atoms with van der Waals surface area (Å²) in [5.41, 5.74) is 0.917. The number of methoxy groups -OCH3 is 2. The van der Waals surface area contributed by atoms with Gasteiger partial charge in [0.25, 0.3) is 0 Å². The normalized spacial score (nSPS) is 10.3. The molecule has 122 valence electrons. The maximum Gasteiger partial charge on any atom is 0.311 e. The van der Waals surface area contributed by atoms with Crippen LogP contribution in [0.3, 0.4) is 0 Å². The molecule has 6 heteroatoms. The highest BCUT2D eigenvalue weighted by molar-refractivity contribution is 6.35. The van der Waals surface area contributed by atoms with Gasteiger partial charge < -0.3 is 14.2 Å². The van der Waals surface area contributed by atoms with E-state index in [2.05, 4.69) is 0 Å². The summed E-state index contributed by atoms with van der Waals surface area (Å²) in [5, 5.41) is 0.784. The number of hydrogen-bond acceptors (Lipinski definition) is 4. The van der Waals surface area contributed by atoms with Gasteiger partial charge in [0.05, 0.1) is 19.2 Å². The van der Waals surface area contributed by atoms with Gasteiger partial charge in [0, 0.05) is 17.5 Å². The van der Waals surface area contributed by atoms with E-state index < -0.39 is 0 Å². The highest BCUT2D eigenvalue weighted by Gasteiger charge is 2.10. The molecule has 0 aliphatic heterocycles. The first-order chi connectivity index (χ1) is 11.0. The largest absolute Gasteiger partial charge is 0.497 e. The molecule has 0 fully saturated rings. The summed E-state index contributed by atoms with van der Waals surface area (Å²) in [5.74, 6) is 1.27. The van der Waals surface area contributed by atoms with Crippen molar-refractivity contribution in [3.8, 4) is 17.2 Å². The van der Waals surface area contributed by atoms with Crippen LogP contribution in [0.5, 0.6) is 17.2 Å². The third-order valence-electron chi connectivity index (χ3n) is 3.15. The summed E-state index contributed by atoms with van der Waals surface area (Å²) in [4.78, 5) is 12.0. The van der Waals surface area contributed by atoms with E-state index in [-0.39, 0.29) is 12.4 Å². The van der Waals surface area contributed by atoms with Crippen LogP contribution in [0.25, 0.3) is 0 Å². The van der Waals surface area contributed by atoms with Gasteiger partial charge in [-0.25, -0.2) is 0 Å². The number of benzene rings is 2.